The molecular formula is C10H14N4O4S2. The molecule has 2 rings (SSSR count). The molecule has 0 aromatic heterocycles. The molecule has 1 atom stereocenters. The van der Waals surface area contributed by atoms with Crippen molar-refractivity contribution in [1.29, 1.82) is 0 Å². The largest absolute Gasteiger partial charge is 0.323 e. The maximum atomic E-state index is 12.3. The van der Waals surface area contributed by atoms with E-state index in [1.165, 1.54) is 12.1 Å². The second kappa shape index (κ2) is 5.95. The summed E-state index contributed by atoms with van der Waals surface area (Å²) in [5, 5.41) is 10.8. The standard InChI is InChI=1S/C10H14N4O4S2/c11-12-9-2-1-8(14(15)16)5-10(9)20(17,18)13-7-3-4-19-6-7/h1-2,5,7,12-13H,3-4,6,11H2. The average molecular weight is 318 g/mol. The molecule has 20 heavy (non-hydrogen) atoms. The number of hydrazine groups is 1. The van der Waals surface area contributed by atoms with E-state index in [9.17, 15) is 18.5 Å². The third kappa shape index (κ3) is 3.20. The number of nitro groups is 1. The maximum absolute atomic E-state index is 12.3. The zero-order valence-corrected chi connectivity index (χ0v) is 12.0. The first-order valence-electron chi connectivity index (χ1n) is 5.79. The molecule has 1 aromatic rings. The van der Waals surface area contributed by atoms with Crippen molar-refractivity contribution < 1.29 is 13.3 Å². The van der Waals surface area contributed by atoms with E-state index >= 15 is 0 Å². The molecule has 4 N–H and O–H groups in total. The van der Waals surface area contributed by atoms with Gasteiger partial charge in [-0.2, -0.15) is 11.8 Å². The maximum Gasteiger partial charge on any atom is 0.270 e. The number of hydrogen-bond acceptors (Lipinski definition) is 7. The highest BCUT2D eigenvalue weighted by Crippen LogP contribution is 2.27. The number of non-ortho nitro benzene ring substituents is 1. The molecule has 0 bridgehead atoms. The molecule has 1 aliphatic heterocycles. The Morgan fingerprint density at radius 2 is 2.20 bits per heavy atom. The molecule has 0 saturated carbocycles. The van der Waals surface area contributed by atoms with E-state index in [1.54, 1.807) is 11.8 Å². The minimum atomic E-state index is -3.85. The van der Waals surface area contributed by atoms with Crippen molar-refractivity contribution in [2.45, 2.75) is 17.4 Å². The lowest BCUT2D eigenvalue weighted by Gasteiger charge is -2.14. The van der Waals surface area contributed by atoms with Gasteiger partial charge in [0, 0.05) is 23.9 Å². The number of thioether (sulfide) groups is 1. The molecule has 1 saturated heterocycles. The number of nitrogens with two attached hydrogens (primary N) is 1. The van der Waals surface area contributed by atoms with Gasteiger partial charge in [0.05, 0.1) is 10.6 Å². The fourth-order valence-electron chi connectivity index (χ4n) is 1.88. The smallest absolute Gasteiger partial charge is 0.270 e. The number of benzene rings is 1. The molecule has 0 spiro atoms. The van der Waals surface area contributed by atoms with Crippen molar-refractivity contribution in [3.05, 3.63) is 28.3 Å². The molecule has 1 fully saturated rings. The van der Waals surface area contributed by atoms with Gasteiger partial charge in [-0.1, -0.05) is 0 Å². The summed E-state index contributed by atoms with van der Waals surface area (Å²) in [6.45, 7) is 0. The van der Waals surface area contributed by atoms with Gasteiger partial charge in [-0.05, 0) is 18.2 Å². The van der Waals surface area contributed by atoms with Crippen molar-refractivity contribution in [1.82, 2.24) is 4.72 Å². The number of anilines is 1. The van der Waals surface area contributed by atoms with E-state index in [-0.39, 0.29) is 22.3 Å². The van der Waals surface area contributed by atoms with Crippen LogP contribution in [0.25, 0.3) is 0 Å². The SMILES string of the molecule is NNc1ccc([N+](=O)[O-])cc1S(=O)(=O)NC1CCSC1. The van der Waals surface area contributed by atoms with Gasteiger partial charge in [0.2, 0.25) is 10.0 Å². The van der Waals surface area contributed by atoms with E-state index in [2.05, 4.69) is 10.1 Å². The van der Waals surface area contributed by atoms with Crippen LogP contribution >= 0.6 is 11.8 Å². The number of nitrogens with zero attached hydrogens (tertiary/aromatic N) is 1. The van der Waals surface area contributed by atoms with Crippen LogP contribution in [0.15, 0.2) is 23.1 Å². The highest BCUT2D eigenvalue weighted by molar-refractivity contribution is 7.99. The minimum Gasteiger partial charge on any atom is -0.323 e. The van der Waals surface area contributed by atoms with E-state index in [4.69, 9.17) is 5.84 Å². The van der Waals surface area contributed by atoms with Crippen molar-refractivity contribution in [2.24, 2.45) is 5.84 Å². The van der Waals surface area contributed by atoms with Crippen molar-refractivity contribution in [3.8, 4) is 0 Å². The Kier molecular flexibility index (Phi) is 4.48. The Bertz CT molecular complexity index is 614. The third-order valence-electron chi connectivity index (χ3n) is 2.87. The Hall–Kier alpha value is -1.36. The van der Waals surface area contributed by atoms with Crippen LogP contribution in [0.3, 0.4) is 0 Å². The quantitative estimate of drug-likeness (QED) is 0.413. The lowest BCUT2D eigenvalue weighted by molar-refractivity contribution is -0.385. The molecule has 1 heterocycles. The van der Waals surface area contributed by atoms with Gasteiger partial charge >= 0.3 is 0 Å². The van der Waals surface area contributed by atoms with Crippen molar-refractivity contribution >= 4 is 33.2 Å². The number of rotatable bonds is 5. The molecule has 0 amide bonds. The summed E-state index contributed by atoms with van der Waals surface area (Å²) in [6, 6.07) is 3.31. The van der Waals surface area contributed by atoms with Crippen molar-refractivity contribution in [2.75, 3.05) is 16.9 Å². The second-order valence-corrected chi connectivity index (χ2v) is 7.10. The van der Waals surface area contributed by atoms with Crippen LogP contribution in [0, 0.1) is 10.1 Å². The molecule has 1 aromatic carbocycles. The predicted octanol–water partition coefficient (Wildman–Crippen LogP) is 0.664. The van der Waals surface area contributed by atoms with Gasteiger partial charge in [0.15, 0.2) is 0 Å². The summed E-state index contributed by atoms with van der Waals surface area (Å²) in [5.41, 5.74) is 2.06. The fourth-order valence-corrected chi connectivity index (χ4v) is 4.59. The summed E-state index contributed by atoms with van der Waals surface area (Å²) in [4.78, 5) is 9.89. The molecule has 0 radical (unpaired) electrons. The summed E-state index contributed by atoms with van der Waals surface area (Å²) < 4.78 is 27.2. The van der Waals surface area contributed by atoms with Crippen LogP contribution < -0.4 is 16.0 Å². The first-order chi connectivity index (χ1) is 9.44. The van der Waals surface area contributed by atoms with Crippen LogP contribution in [0.5, 0.6) is 0 Å². The Balaban J connectivity index is 2.37. The minimum absolute atomic E-state index is 0.119. The Morgan fingerprint density at radius 1 is 1.45 bits per heavy atom. The van der Waals surface area contributed by atoms with E-state index in [0.717, 1.165) is 18.2 Å². The third-order valence-corrected chi connectivity index (χ3v) is 5.60. The van der Waals surface area contributed by atoms with Crippen LogP contribution in [0.2, 0.25) is 0 Å². The van der Waals surface area contributed by atoms with Gasteiger partial charge in [-0.3, -0.25) is 16.0 Å². The molecule has 1 aliphatic rings. The molecule has 110 valence electrons. The normalized spacial score (nSPS) is 18.9. The van der Waals surface area contributed by atoms with Gasteiger partial charge in [0.1, 0.15) is 4.90 Å². The monoisotopic (exact) mass is 318 g/mol. The van der Waals surface area contributed by atoms with Crippen molar-refractivity contribution in [3.63, 3.8) is 0 Å². The highest BCUT2D eigenvalue weighted by Gasteiger charge is 2.26. The molecule has 0 aliphatic carbocycles. The summed E-state index contributed by atoms with van der Waals surface area (Å²) in [7, 11) is -3.85. The fraction of sp³-hybridized carbons (Fsp3) is 0.400. The lowest BCUT2D eigenvalue weighted by Crippen LogP contribution is -2.35. The average Bonchev–Trinajstić information content (AvgIpc) is 2.90. The first kappa shape index (κ1) is 15.0. The van der Waals surface area contributed by atoms with Crippen LogP contribution in [-0.2, 0) is 10.0 Å². The van der Waals surface area contributed by atoms with Gasteiger partial charge < -0.3 is 5.43 Å². The van der Waals surface area contributed by atoms with Gasteiger partial charge in [-0.25, -0.2) is 13.1 Å². The van der Waals surface area contributed by atoms with Gasteiger partial charge in [0.25, 0.3) is 5.69 Å². The Morgan fingerprint density at radius 3 is 2.75 bits per heavy atom. The zero-order valence-electron chi connectivity index (χ0n) is 10.4. The van der Waals surface area contributed by atoms with E-state index in [0.29, 0.717) is 5.75 Å². The van der Waals surface area contributed by atoms with Crippen LogP contribution in [-0.4, -0.2) is 30.9 Å². The molecule has 8 nitrogen and oxygen atoms in total. The second-order valence-electron chi connectivity index (χ2n) is 4.26. The number of hydrogen-bond donors (Lipinski definition) is 3. The molecular weight excluding hydrogens is 304 g/mol. The van der Waals surface area contributed by atoms with Gasteiger partial charge in [-0.15, -0.1) is 0 Å². The topological polar surface area (TPSA) is 127 Å². The van der Waals surface area contributed by atoms with Crippen LogP contribution in [0.1, 0.15) is 6.42 Å². The highest BCUT2D eigenvalue weighted by atomic mass is 32.2. The van der Waals surface area contributed by atoms with E-state index < -0.39 is 14.9 Å². The number of sulfonamides is 1. The number of nitrogens with one attached hydrogen (secondary N) is 2. The number of nitrogen functional groups attached to an aromatic ring is 1. The predicted molar refractivity (Wildman–Crippen MR) is 77.0 cm³/mol. The molecule has 10 heteroatoms. The van der Waals surface area contributed by atoms with E-state index in [1.807, 2.05) is 0 Å². The number of nitro benzene ring substituents is 1. The summed E-state index contributed by atoms with van der Waals surface area (Å²) in [5.74, 6) is 6.85. The van der Waals surface area contributed by atoms with Crippen LogP contribution in [0.4, 0.5) is 11.4 Å². The first-order valence-corrected chi connectivity index (χ1v) is 8.43. The zero-order chi connectivity index (χ0) is 14.8. The Labute approximate surface area is 120 Å². The molecule has 1 unspecified atom stereocenters. The summed E-state index contributed by atoms with van der Waals surface area (Å²) >= 11 is 1.66. The lowest BCUT2D eigenvalue weighted by atomic mass is 10.3. The summed E-state index contributed by atoms with van der Waals surface area (Å²) in [6.07, 6.45) is 0.740.